The van der Waals surface area contributed by atoms with Crippen LogP contribution in [-0.2, 0) is 4.79 Å². The Morgan fingerprint density at radius 2 is 1.86 bits per heavy atom. The number of rotatable bonds is 7. The number of amides is 1. The lowest BCUT2D eigenvalue weighted by molar-refractivity contribution is -0.131. The molecule has 0 aromatic rings. The summed E-state index contributed by atoms with van der Waals surface area (Å²) < 4.78 is 0. The summed E-state index contributed by atoms with van der Waals surface area (Å²) in [5.41, 5.74) is 0. The Kier molecular flexibility index (Phi) is 6.06. The van der Waals surface area contributed by atoms with Crippen LogP contribution in [0.25, 0.3) is 0 Å². The molecule has 2 rings (SSSR count). The third-order valence-corrected chi connectivity index (χ3v) is 4.80. The summed E-state index contributed by atoms with van der Waals surface area (Å²) in [7, 11) is 0. The van der Waals surface area contributed by atoms with E-state index in [1.807, 2.05) is 0 Å². The zero-order chi connectivity index (χ0) is 15.4. The molecular formula is C17H33N3O. The summed E-state index contributed by atoms with van der Waals surface area (Å²) >= 11 is 0. The third kappa shape index (κ3) is 4.19. The van der Waals surface area contributed by atoms with Crippen molar-refractivity contribution >= 4 is 5.91 Å². The smallest absolute Gasteiger partial charge is 0.241 e. The van der Waals surface area contributed by atoms with E-state index in [1.165, 1.54) is 25.9 Å². The minimum atomic E-state index is 0.0144. The average Bonchev–Trinajstić information content (AvgIpc) is 3.01. The maximum Gasteiger partial charge on any atom is 0.241 e. The van der Waals surface area contributed by atoms with Gasteiger partial charge in [-0.2, -0.15) is 0 Å². The molecule has 3 unspecified atom stereocenters. The number of hydrogen-bond donors (Lipinski definition) is 1. The quantitative estimate of drug-likeness (QED) is 0.783. The van der Waals surface area contributed by atoms with E-state index in [-0.39, 0.29) is 12.2 Å². The van der Waals surface area contributed by atoms with E-state index in [2.05, 4.69) is 42.8 Å². The molecule has 122 valence electrons. The van der Waals surface area contributed by atoms with E-state index in [0.717, 1.165) is 25.9 Å². The number of likely N-dealkylation sites (tertiary alicyclic amines) is 1. The number of nitrogens with zero attached hydrogens (tertiary/aromatic N) is 2. The fourth-order valence-electron chi connectivity index (χ4n) is 3.71. The number of hydrogen-bond acceptors (Lipinski definition) is 3. The molecule has 0 saturated carbocycles. The maximum atomic E-state index is 12.7. The number of nitrogens with one attached hydrogen (secondary N) is 1. The van der Waals surface area contributed by atoms with Crippen molar-refractivity contribution in [2.24, 2.45) is 11.8 Å². The zero-order valence-corrected chi connectivity index (χ0v) is 14.3. The maximum absolute atomic E-state index is 12.7. The van der Waals surface area contributed by atoms with Crippen LogP contribution in [0.15, 0.2) is 0 Å². The number of carbonyl (C=O) groups excluding carboxylic acids is 1. The Labute approximate surface area is 130 Å². The van der Waals surface area contributed by atoms with E-state index in [9.17, 15) is 4.79 Å². The molecule has 0 aliphatic carbocycles. The van der Waals surface area contributed by atoms with Crippen LogP contribution >= 0.6 is 0 Å². The van der Waals surface area contributed by atoms with Crippen LogP contribution in [0.3, 0.4) is 0 Å². The van der Waals surface area contributed by atoms with Crippen molar-refractivity contribution in [3.05, 3.63) is 0 Å². The summed E-state index contributed by atoms with van der Waals surface area (Å²) in [4.78, 5) is 17.3. The van der Waals surface area contributed by atoms with Crippen LogP contribution in [0.2, 0.25) is 0 Å². The Bertz CT molecular complexity index is 339. The van der Waals surface area contributed by atoms with Gasteiger partial charge >= 0.3 is 0 Å². The first-order chi connectivity index (χ1) is 10.0. The lowest BCUT2D eigenvalue weighted by Gasteiger charge is -2.29. The minimum absolute atomic E-state index is 0.0144. The van der Waals surface area contributed by atoms with E-state index in [4.69, 9.17) is 0 Å². The lowest BCUT2D eigenvalue weighted by Crippen LogP contribution is -2.42. The van der Waals surface area contributed by atoms with Crippen LogP contribution in [0.4, 0.5) is 0 Å². The van der Waals surface area contributed by atoms with Crippen LogP contribution in [0.1, 0.15) is 53.4 Å². The van der Waals surface area contributed by atoms with E-state index < -0.39 is 0 Å². The first-order valence-electron chi connectivity index (χ1n) is 8.81. The van der Waals surface area contributed by atoms with Gasteiger partial charge in [0.15, 0.2) is 0 Å². The molecule has 0 bridgehead atoms. The molecule has 0 spiro atoms. The highest BCUT2D eigenvalue weighted by atomic mass is 16.2. The first kappa shape index (κ1) is 16.8. The van der Waals surface area contributed by atoms with Gasteiger partial charge in [-0.15, -0.1) is 0 Å². The Hall–Kier alpha value is -0.610. The molecule has 2 fully saturated rings. The predicted molar refractivity (Wildman–Crippen MR) is 87.0 cm³/mol. The van der Waals surface area contributed by atoms with Crippen molar-refractivity contribution in [2.75, 3.05) is 26.2 Å². The van der Waals surface area contributed by atoms with Crippen molar-refractivity contribution < 1.29 is 4.79 Å². The fraction of sp³-hybridized carbons (Fsp3) is 0.941. The SMILES string of the molecule is CCCC1NC(C(C)C)C(=O)N1CC(C)CN1CCCC1. The highest BCUT2D eigenvalue weighted by molar-refractivity contribution is 5.84. The molecule has 1 N–H and O–H groups in total. The monoisotopic (exact) mass is 295 g/mol. The van der Waals surface area contributed by atoms with Crippen molar-refractivity contribution in [3.8, 4) is 0 Å². The van der Waals surface area contributed by atoms with Gasteiger partial charge in [0.25, 0.3) is 0 Å². The average molecular weight is 295 g/mol. The molecule has 2 saturated heterocycles. The molecule has 0 aromatic heterocycles. The van der Waals surface area contributed by atoms with Crippen LogP contribution in [-0.4, -0.2) is 54.1 Å². The Morgan fingerprint density at radius 3 is 2.43 bits per heavy atom. The van der Waals surface area contributed by atoms with Crippen LogP contribution < -0.4 is 5.32 Å². The van der Waals surface area contributed by atoms with Gasteiger partial charge in [-0.25, -0.2) is 0 Å². The summed E-state index contributed by atoms with van der Waals surface area (Å²) in [6.07, 6.45) is 5.10. The summed E-state index contributed by atoms with van der Waals surface area (Å²) in [5.74, 6) is 1.24. The molecule has 0 aromatic carbocycles. The van der Waals surface area contributed by atoms with Gasteiger partial charge in [-0.3, -0.25) is 10.1 Å². The van der Waals surface area contributed by atoms with E-state index in [1.54, 1.807) is 0 Å². The van der Waals surface area contributed by atoms with Gasteiger partial charge in [-0.1, -0.05) is 34.1 Å². The molecule has 3 atom stereocenters. The van der Waals surface area contributed by atoms with Crippen molar-refractivity contribution in [1.29, 1.82) is 0 Å². The van der Waals surface area contributed by atoms with Crippen LogP contribution in [0.5, 0.6) is 0 Å². The number of carbonyl (C=O) groups is 1. The largest absolute Gasteiger partial charge is 0.325 e. The topological polar surface area (TPSA) is 35.6 Å². The Balaban J connectivity index is 1.92. The summed E-state index contributed by atoms with van der Waals surface area (Å²) in [6, 6.07) is 0.0144. The molecule has 2 aliphatic rings. The second kappa shape index (κ2) is 7.59. The van der Waals surface area contributed by atoms with Gasteiger partial charge in [-0.05, 0) is 44.2 Å². The summed E-state index contributed by atoms with van der Waals surface area (Å²) in [5, 5.41) is 3.55. The highest BCUT2D eigenvalue weighted by Gasteiger charge is 2.40. The second-order valence-electron chi connectivity index (χ2n) is 7.30. The van der Waals surface area contributed by atoms with Crippen molar-refractivity contribution in [3.63, 3.8) is 0 Å². The summed E-state index contributed by atoms with van der Waals surface area (Å²) in [6.45, 7) is 13.3. The van der Waals surface area contributed by atoms with Crippen LogP contribution in [0, 0.1) is 11.8 Å². The van der Waals surface area contributed by atoms with Gasteiger partial charge in [0.05, 0.1) is 12.2 Å². The zero-order valence-electron chi connectivity index (χ0n) is 14.3. The fourth-order valence-corrected chi connectivity index (χ4v) is 3.71. The minimum Gasteiger partial charge on any atom is -0.325 e. The molecule has 1 amide bonds. The van der Waals surface area contributed by atoms with Gasteiger partial charge < -0.3 is 9.80 Å². The second-order valence-corrected chi connectivity index (χ2v) is 7.30. The molecule has 0 radical (unpaired) electrons. The van der Waals surface area contributed by atoms with E-state index >= 15 is 0 Å². The van der Waals surface area contributed by atoms with Crippen molar-refractivity contribution in [1.82, 2.24) is 15.1 Å². The molecular weight excluding hydrogens is 262 g/mol. The van der Waals surface area contributed by atoms with E-state index in [0.29, 0.717) is 17.7 Å². The highest BCUT2D eigenvalue weighted by Crippen LogP contribution is 2.22. The standard InChI is InChI=1S/C17H33N3O/c1-5-8-15-18-16(13(2)3)17(21)20(15)12-14(4)11-19-9-6-7-10-19/h13-16,18H,5-12H2,1-4H3. The third-order valence-electron chi connectivity index (χ3n) is 4.80. The van der Waals surface area contributed by atoms with Gasteiger partial charge in [0.1, 0.15) is 0 Å². The molecule has 4 nitrogen and oxygen atoms in total. The molecule has 4 heteroatoms. The predicted octanol–water partition coefficient (Wildman–Crippen LogP) is 2.30. The lowest BCUT2D eigenvalue weighted by atomic mass is 10.0. The normalized spacial score (nSPS) is 28.8. The molecule has 2 heterocycles. The molecule has 2 aliphatic heterocycles. The van der Waals surface area contributed by atoms with Gasteiger partial charge in [0, 0.05) is 13.1 Å². The van der Waals surface area contributed by atoms with Crippen molar-refractivity contribution in [2.45, 2.75) is 65.6 Å². The molecule has 21 heavy (non-hydrogen) atoms. The van der Waals surface area contributed by atoms with Gasteiger partial charge in [0.2, 0.25) is 5.91 Å². The first-order valence-corrected chi connectivity index (χ1v) is 8.81. The Morgan fingerprint density at radius 1 is 1.19 bits per heavy atom.